The molecular weight excluding hydrogens is 438 g/mol. The maximum atomic E-state index is 12.1. The molecule has 3 N–H and O–H groups in total. The van der Waals surface area contributed by atoms with Gasteiger partial charge in [0.05, 0.1) is 5.56 Å². The summed E-state index contributed by atoms with van der Waals surface area (Å²) in [5.41, 5.74) is 10.2. The van der Waals surface area contributed by atoms with Gasteiger partial charge in [-0.05, 0) is 91.8 Å². The number of primary amides is 1. The lowest BCUT2D eigenvalue weighted by atomic mass is 9.91. The first-order valence-corrected chi connectivity index (χ1v) is 13.5. The number of rotatable bonds is 8. The number of hydrogen-bond acceptors (Lipinski definition) is 6. The van der Waals surface area contributed by atoms with Crippen LogP contribution in [0.5, 0.6) is 0 Å². The Hall–Kier alpha value is -1.87. The lowest BCUT2D eigenvalue weighted by molar-refractivity contribution is 0.100. The Morgan fingerprint density at radius 1 is 1.19 bits per heavy atom. The topological polar surface area (TPSA) is 78.3 Å². The average Bonchev–Trinajstić information content (AvgIpc) is 3.58. The van der Waals surface area contributed by atoms with Crippen molar-refractivity contribution in [1.29, 1.82) is 0 Å². The molecule has 0 spiro atoms. The number of likely N-dealkylation sites (tertiary alicyclic amines) is 1. The Balaban J connectivity index is 1.25. The third-order valence-corrected chi connectivity index (χ3v) is 8.65. The minimum absolute atomic E-state index is 0.426. The van der Waals surface area contributed by atoms with Gasteiger partial charge in [0, 0.05) is 35.8 Å². The third kappa shape index (κ3) is 4.73. The van der Waals surface area contributed by atoms with E-state index in [1.807, 2.05) is 18.0 Å². The molecule has 2 saturated heterocycles. The van der Waals surface area contributed by atoms with E-state index in [1.165, 1.54) is 44.6 Å². The minimum Gasteiger partial charge on any atom is -0.366 e. The first kappa shape index (κ1) is 21.9. The Bertz CT molecular complexity index is 1050. The van der Waals surface area contributed by atoms with Crippen molar-refractivity contribution in [2.45, 2.75) is 38.0 Å². The van der Waals surface area contributed by atoms with Crippen LogP contribution >= 0.6 is 23.3 Å². The van der Waals surface area contributed by atoms with Gasteiger partial charge in [0.25, 0.3) is 5.91 Å². The van der Waals surface area contributed by atoms with Crippen molar-refractivity contribution in [2.75, 3.05) is 38.5 Å². The predicted molar refractivity (Wildman–Crippen MR) is 134 cm³/mol. The Kier molecular flexibility index (Phi) is 6.83. The zero-order valence-corrected chi connectivity index (χ0v) is 20.0. The molecule has 2 fully saturated rings. The molecule has 170 valence electrons. The highest BCUT2D eigenvalue weighted by Gasteiger charge is 2.25. The molecule has 32 heavy (non-hydrogen) atoms. The van der Waals surface area contributed by atoms with Crippen LogP contribution in [0.2, 0.25) is 0 Å². The van der Waals surface area contributed by atoms with Crippen LogP contribution in [0.1, 0.15) is 54.1 Å². The third-order valence-electron chi connectivity index (χ3n) is 6.76. The smallest absolute Gasteiger partial charge is 0.251 e. The van der Waals surface area contributed by atoms with Gasteiger partial charge in [-0.1, -0.05) is 11.9 Å². The van der Waals surface area contributed by atoms with Crippen molar-refractivity contribution >= 4 is 40.1 Å². The van der Waals surface area contributed by atoms with Crippen LogP contribution in [0.15, 0.2) is 29.0 Å². The van der Waals surface area contributed by atoms with E-state index >= 15 is 0 Å². The lowest BCUT2D eigenvalue weighted by Crippen LogP contribution is -2.28. The van der Waals surface area contributed by atoms with E-state index in [0.29, 0.717) is 17.0 Å². The molecule has 2 aliphatic rings. The van der Waals surface area contributed by atoms with Crippen molar-refractivity contribution in [3.05, 3.63) is 40.2 Å². The number of nitrogens with one attached hydrogen (secondary N) is 1. The monoisotopic (exact) mass is 469 g/mol. The maximum absolute atomic E-state index is 12.1. The van der Waals surface area contributed by atoms with E-state index in [-0.39, 0.29) is 0 Å². The molecule has 0 radical (unpaired) electrons. The number of amides is 1. The van der Waals surface area contributed by atoms with Crippen LogP contribution in [0.25, 0.3) is 22.0 Å². The van der Waals surface area contributed by atoms with Gasteiger partial charge in [0.15, 0.2) is 0 Å². The van der Waals surface area contributed by atoms with E-state index in [4.69, 9.17) is 5.73 Å². The second kappa shape index (κ2) is 9.95. The number of piperidine rings is 1. The van der Waals surface area contributed by atoms with Crippen molar-refractivity contribution in [1.82, 2.24) is 19.4 Å². The van der Waals surface area contributed by atoms with Crippen molar-refractivity contribution < 1.29 is 4.79 Å². The van der Waals surface area contributed by atoms with Crippen molar-refractivity contribution in [3.63, 3.8) is 0 Å². The molecule has 0 unspecified atom stereocenters. The van der Waals surface area contributed by atoms with Gasteiger partial charge < -0.3 is 10.6 Å². The summed E-state index contributed by atoms with van der Waals surface area (Å²) in [6.07, 6.45) is 6.23. The van der Waals surface area contributed by atoms with Crippen molar-refractivity contribution in [3.8, 4) is 11.1 Å². The van der Waals surface area contributed by atoms with Gasteiger partial charge in [0.1, 0.15) is 5.52 Å². The number of aromatic nitrogens is 2. The average molecular weight is 470 g/mol. The fourth-order valence-corrected chi connectivity index (χ4v) is 6.64. The fourth-order valence-electron chi connectivity index (χ4n) is 4.99. The van der Waals surface area contributed by atoms with Crippen LogP contribution in [-0.4, -0.2) is 63.8 Å². The Labute approximate surface area is 197 Å². The van der Waals surface area contributed by atoms with Gasteiger partial charge in [-0.15, -0.1) is 0 Å². The van der Waals surface area contributed by atoms with Crippen LogP contribution in [-0.2, 0) is 0 Å². The molecule has 0 atom stereocenters. The summed E-state index contributed by atoms with van der Waals surface area (Å²) < 4.78 is 2.53. The molecule has 0 bridgehead atoms. The van der Waals surface area contributed by atoms with Crippen LogP contribution in [0, 0.1) is 0 Å². The second-order valence-corrected chi connectivity index (χ2v) is 10.8. The second-order valence-electron chi connectivity index (χ2n) is 8.87. The molecule has 1 aromatic carbocycles. The minimum atomic E-state index is -0.426. The summed E-state index contributed by atoms with van der Waals surface area (Å²) in [6.45, 7) is 6.01. The summed E-state index contributed by atoms with van der Waals surface area (Å²) in [4.78, 5) is 14.7. The van der Waals surface area contributed by atoms with Crippen molar-refractivity contribution in [2.24, 2.45) is 5.73 Å². The first-order chi connectivity index (χ1) is 15.7. The highest BCUT2D eigenvalue weighted by atomic mass is 32.2. The predicted octanol–water partition coefficient (Wildman–Crippen LogP) is 4.70. The zero-order chi connectivity index (χ0) is 21.9. The van der Waals surface area contributed by atoms with Crippen LogP contribution in [0.3, 0.4) is 0 Å². The molecule has 5 rings (SSSR count). The quantitative estimate of drug-likeness (QED) is 0.369. The van der Waals surface area contributed by atoms with Gasteiger partial charge >= 0.3 is 0 Å². The number of nitrogens with two attached hydrogens (primary N) is 1. The zero-order valence-electron chi connectivity index (χ0n) is 18.4. The fraction of sp³-hybridized carbons (Fsp3) is 0.500. The highest BCUT2D eigenvalue weighted by molar-refractivity contribution is 7.97. The van der Waals surface area contributed by atoms with Crippen LogP contribution in [0.4, 0.5) is 0 Å². The molecule has 8 heteroatoms. The molecule has 6 nitrogen and oxygen atoms in total. The summed E-state index contributed by atoms with van der Waals surface area (Å²) in [5.74, 6) is 1.21. The molecule has 2 aliphatic heterocycles. The summed E-state index contributed by atoms with van der Waals surface area (Å²) in [6, 6.07) is 6.12. The van der Waals surface area contributed by atoms with E-state index in [0.717, 1.165) is 48.1 Å². The first-order valence-electron chi connectivity index (χ1n) is 11.6. The van der Waals surface area contributed by atoms with E-state index < -0.39 is 5.91 Å². The standard InChI is InChI=1S/C24H31N5OS2/c25-24(30)21-15-19(18-6-13-31-16-18)14-20-22(26-27-23(20)21)17-4-10-29(11-5-17)32-12-3-9-28-7-1-2-8-28/h6,13-17H,1-5,7-12H2,(H2,25,30)(H,26,27). The maximum Gasteiger partial charge on any atom is 0.251 e. The van der Waals surface area contributed by atoms with Gasteiger partial charge in [-0.2, -0.15) is 16.4 Å². The Morgan fingerprint density at radius 3 is 2.72 bits per heavy atom. The largest absolute Gasteiger partial charge is 0.366 e. The summed E-state index contributed by atoms with van der Waals surface area (Å²) in [7, 11) is 0. The lowest BCUT2D eigenvalue weighted by Gasteiger charge is -2.30. The summed E-state index contributed by atoms with van der Waals surface area (Å²) >= 11 is 3.67. The molecule has 1 amide bonds. The number of fused-ring (bicyclic) bond motifs is 1. The SMILES string of the molecule is NC(=O)c1cc(-c2ccsc2)cc2c(C3CCN(SCCCN4CCCC4)CC3)[nH]nc12. The van der Waals surface area contributed by atoms with E-state index in [1.54, 1.807) is 11.3 Å². The van der Waals surface area contributed by atoms with Crippen LogP contribution < -0.4 is 5.73 Å². The molecule has 3 aromatic rings. The molecule has 2 aromatic heterocycles. The molecule has 0 saturated carbocycles. The van der Waals surface area contributed by atoms with Gasteiger partial charge in [-0.25, -0.2) is 0 Å². The number of aromatic amines is 1. The normalized spacial score (nSPS) is 18.6. The molecular formula is C24H31N5OS2. The molecule has 0 aliphatic carbocycles. The highest BCUT2D eigenvalue weighted by Crippen LogP contribution is 2.36. The van der Waals surface area contributed by atoms with E-state index in [2.05, 4.69) is 42.3 Å². The van der Waals surface area contributed by atoms with E-state index in [9.17, 15) is 4.79 Å². The summed E-state index contributed by atoms with van der Waals surface area (Å²) in [5, 5.41) is 13.0. The number of thiophene rings is 1. The number of hydrogen-bond donors (Lipinski definition) is 2. The molecule has 4 heterocycles. The number of carbonyl (C=O) groups is 1. The number of carbonyl (C=O) groups excluding carboxylic acids is 1. The van der Waals surface area contributed by atoms with Gasteiger partial charge in [-0.3, -0.25) is 14.2 Å². The number of nitrogens with zero attached hydrogens (tertiary/aromatic N) is 3. The Morgan fingerprint density at radius 2 is 2.00 bits per heavy atom. The van der Waals surface area contributed by atoms with Gasteiger partial charge in [0.2, 0.25) is 0 Å². The number of H-pyrrole nitrogens is 1. The number of benzene rings is 1.